The van der Waals surface area contributed by atoms with Gasteiger partial charge in [0.15, 0.2) is 0 Å². The summed E-state index contributed by atoms with van der Waals surface area (Å²) in [5.41, 5.74) is 0.195. The molecule has 0 spiro atoms. The second kappa shape index (κ2) is 9.05. The third-order valence-corrected chi connectivity index (χ3v) is 8.42. The first-order chi connectivity index (χ1) is 15.6. The van der Waals surface area contributed by atoms with Crippen LogP contribution in [0.15, 0.2) is 27.7 Å². The second-order valence-electron chi connectivity index (χ2n) is 9.61. The summed E-state index contributed by atoms with van der Waals surface area (Å²) in [5, 5.41) is 7.88. The maximum Gasteiger partial charge on any atom is 0.407 e. The van der Waals surface area contributed by atoms with Gasteiger partial charge in [0.05, 0.1) is 26.5 Å². The summed E-state index contributed by atoms with van der Waals surface area (Å²) >= 11 is 1.35. The molecule has 4 rings (SSSR count). The molecule has 1 aliphatic heterocycles. The number of ether oxygens (including phenoxy) is 3. The van der Waals surface area contributed by atoms with Gasteiger partial charge in [0.1, 0.15) is 22.7 Å². The van der Waals surface area contributed by atoms with Crippen molar-refractivity contribution in [2.75, 3.05) is 20.3 Å². The Labute approximate surface area is 196 Å². The van der Waals surface area contributed by atoms with Crippen molar-refractivity contribution in [3.63, 3.8) is 0 Å². The number of alkyl carbamates (subject to hydrolysis) is 1. The first-order valence-electron chi connectivity index (χ1n) is 10.7. The number of hydrogen-bond donors (Lipinski definition) is 1. The van der Waals surface area contributed by atoms with Gasteiger partial charge < -0.3 is 23.9 Å². The Morgan fingerprint density at radius 3 is 2.91 bits per heavy atom. The molecule has 0 saturated carbocycles. The number of methoxy groups -OCH3 is 1. The molecule has 1 atom stereocenters. The number of carbonyl (C=O) groups excluding carboxylic acids is 1. The van der Waals surface area contributed by atoms with Crippen LogP contribution >= 0.6 is 11.3 Å². The standard InChI is InChI=1S/C22H29N3O6SSi/c1-22(24-21(27)28-2)12-30-11-16-15-8-17(32-18(15)20(26)31-19(16)22)14-9-23-25(10-14)13-29-6-7-33(3,4)5/h8-10H,6-7,11-13H2,1-5H3,(H,24,27). The summed E-state index contributed by atoms with van der Waals surface area (Å²) in [6.45, 7) is 10.3. The van der Waals surface area contributed by atoms with E-state index >= 15 is 0 Å². The van der Waals surface area contributed by atoms with Gasteiger partial charge in [-0.3, -0.25) is 0 Å². The highest BCUT2D eigenvalue weighted by Gasteiger charge is 2.39. The van der Waals surface area contributed by atoms with Crippen molar-refractivity contribution in [2.45, 2.75) is 51.5 Å². The third kappa shape index (κ3) is 5.06. The van der Waals surface area contributed by atoms with Crippen LogP contribution in [-0.4, -0.2) is 44.3 Å². The minimum Gasteiger partial charge on any atom is -0.453 e. The molecule has 9 nitrogen and oxygen atoms in total. The molecule has 3 aromatic heterocycles. The van der Waals surface area contributed by atoms with Crippen molar-refractivity contribution < 1.29 is 23.4 Å². The second-order valence-corrected chi connectivity index (χ2v) is 16.3. The number of fused-ring (bicyclic) bond motifs is 3. The zero-order chi connectivity index (χ0) is 23.8. The topological polar surface area (TPSA) is 105 Å². The van der Waals surface area contributed by atoms with E-state index in [1.165, 1.54) is 18.4 Å². The summed E-state index contributed by atoms with van der Waals surface area (Å²) in [6, 6.07) is 3.06. The lowest BCUT2D eigenvalue weighted by Gasteiger charge is -2.34. The molecule has 4 heterocycles. The van der Waals surface area contributed by atoms with Crippen LogP contribution in [0, 0.1) is 0 Å². The Bertz CT molecular complexity index is 1230. The van der Waals surface area contributed by atoms with Crippen LogP contribution in [0.1, 0.15) is 18.2 Å². The first-order valence-corrected chi connectivity index (χ1v) is 15.3. The fraction of sp³-hybridized carbons (Fsp3) is 0.500. The highest BCUT2D eigenvalue weighted by atomic mass is 32.1. The van der Waals surface area contributed by atoms with E-state index in [-0.39, 0.29) is 13.2 Å². The molecule has 33 heavy (non-hydrogen) atoms. The van der Waals surface area contributed by atoms with Gasteiger partial charge in [-0.25, -0.2) is 14.3 Å². The van der Waals surface area contributed by atoms with Crippen molar-refractivity contribution in [1.82, 2.24) is 15.1 Å². The molecule has 0 bridgehead atoms. The third-order valence-electron chi connectivity index (χ3n) is 5.55. The van der Waals surface area contributed by atoms with Crippen molar-refractivity contribution in [2.24, 2.45) is 0 Å². The van der Waals surface area contributed by atoms with Crippen molar-refractivity contribution in [1.29, 1.82) is 0 Å². The number of amides is 1. The summed E-state index contributed by atoms with van der Waals surface area (Å²) < 4.78 is 24.2. The van der Waals surface area contributed by atoms with Gasteiger partial charge in [-0.05, 0) is 19.0 Å². The molecular formula is C22H29N3O6SSi. The van der Waals surface area contributed by atoms with Crippen LogP contribution < -0.4 is 10.9 Å². The van der Waals surface area contributed by atoms with E-state index in [0.717, 1.165) is 34.0 Å². The molecular weight excluding hydrogens is 462 g/mol. The monoisotopic (exact) mass is 491 g/mol. The van der Waals surface area contributed by atoms with Gasteiger partial charge in [0.25, 0.3) is 0 Å². The van der Waals surface area contributed by atoms with Gasteiger partial charge in [-0.15, -0.1) is 11.3 Å². The molecule has 1 N–H and O–H groups in total. The Morgan fingerprint density at radius 1 is 1.39 bits per heavy atom. The van der Waals surface area contributed by atoms with Crippen LogP contribution in [0.2, 0.25) is 25.7 Å². The minimum absolute atomic E-state index is 0.172. The smallest absolute Gasteiger partial charge is 0.407 e. The van der Waals surface area contributed by atoms with Crippen LogP contribution in [-0.2, 0) is 33.1 Å². The van der Waals surface area contributed by atoms with E-state index in [1.54, 1.807) is 17.8 Å². The van der Waals surface area contributed by atoms with E-state index in [2.05, 4.69) is 30.1 Å². The number of aromatic nitrogens is 2. The van der Waals surface area contributed by atoms with Gasteiger partial charge in [0, 0.05) is 42.3 Å². The number of thiophene rings is 1. The molecule has 0 aliphatic carbocycles. The zero-order valence-corrected chi connectivity index (χ0v) is 21.3. The van der Waals surface area contributed by atoms with Crippen LogP contribution in [0.5, 0.6) is 0 Å². The minimum atomic E-state index is -1.13. The predicted molar refractivity (Wildman–Crippen MR) is 128 cm³/mol. The first kappa shape index (κ1) is 23.7. The van der Waals surface area contributed by atoms with Crippen molar-refractivity contribution >= 4 is 35.6 Å². The molecule has 1 unspecified atom stereocenters. The molecule has 11 heteroatoms. The Balaban J connectivity index is 1.61. The van der Waals surface area contributed by atoms with Crippen molar-refractivity contribution in [3.05, 3.63) is 40.2 Å². The van der Waals surface area contributed by atoms with E-state index < -0.39 is 25.3 Å². The van der Waals surface area contributed by atoms with Crippen molar-refractivity contribution in [3.8, 4) is 10.4 Å². The number of nitrogens with zero attached hydrogens (tertiary/aromatic N) is 2. The predicted octanol–water partition coefficient (Wildman–Crippen LogP) is 4.13. The lowest BCUT2D eigenvalue weighted by atomic mass is 9.92. The Morgan fingerprint density at radius 2 is 2.18 bits per heavy atom. The lowest BCUT2D eigenvalue weighted by molar-refractivity contribution is 0.0279. The molecule has 0 aromatic carbocycles. The normalized spacial score (nSPS) is 18.3. The van der Waals surface area contributed by atoms with E-state index in [1.807, 2.05) is 12.3 Å². The molecule has 1 aliphatic rings. The Hall–Kier alpha value is -2.47. The summed E-state index contributed by atoms with van der Waals surface area (Å²) in [5.74, 6) is 0.396. The largest absolute Gasteiger partial charge is 0.453 e. The SMILES string of the molecule is COC(=O)NC1(C)COCc2c1oc(=O)c1sc(-c3cnn(COCC[Si](C)(C)C)c3)cc21. The fourth-order valence-corrected chi connectivity index (χ4v) is 5.50. The molecule has 1 amide bonds. The van der Waals surface area contributed by atoms with Gasteiger partial charge >= 0.3 is 11.7 Å². The van der Waals surface area contributed by atoms with Gasteiger partial charge in [0.2, 0.25) is 0 Å². The average molecular weight is 492 g/mol. The number of hydrogen-bond acceptors (Lipinski definition) is 8. The van der Waals surface area contributed by atoms with E-state index in [4.69, 9.17) is 18.6 Å². The fourth-order valence-electron chi connectivity index (χ4n) is 3.71. The quantitative estimate of drug-likeness (QED) is 0.391. The van der Waals surface area contributed by atoms with Gasteiger partial charge in [-0.1, -0.05) is 19.6 Å². The summed E-state index contributed by atoms with van der Waals surface area (Å²) in [4.78, 5) is 25.6. The Kier molecular flexibility index (Phi) is 6.49. The number of carbonyl (C=O) groups is 1. The molecule has 0 fully saturated rings. The summed E-state index contributed by atoms with van der Waals surface area (Å²) in [6.07, 6.45) is 3.05. The maximum absolute atomic E-state index is 12.8. The lowest BCUT2D eigenvalue weighted by Crippen LogP contribution is -2.49. The highest BCUT2D eigenvalue weighted by molar-refractivity contribution is 7.22. The molecule has 3 aromatic rings. The molecule has 178 valence electrons. The zero-order valence-electron chi connectivity index (χ0n) is 19.5. The number of rotatable bonds is 7. The van der Waals surface area contributed by atoms with Crippen LogP contribution in [0.25, 0.3) is 20.5 Å². The number of nitrogens with one attached hydrogen (secondary N) is 1. The van der Waals surface area contributed by atoms with E-state index in [0.29, 0.717) is 17.2 Å². The molecule has 0 radical (unpaired) electrons. The van der Waals surface area contributed by atoms with Crippen LogP contribution in [0.4, 0.5) is 4.79 Å². The van der Waals surface area contributed by atoms with Gasteiger partial charge in [-0.2, -0.15) is 5.10 Å². The van der Waals surface area contributed by atoms with Crippen LogP contribution in [0.3, 0.4) is 0 Å². The average Bonchev–Trinajstić information content (AvgIpc) is 3.39. The maximum atomic E-state index is 12.8. The summed E-state index contributed by atoms with van der Waals surface area (Å²) in [7, 11) is 0.150. The van der Waals surface area contributed by atoms with E-state index in [9.17, 15) is 9.59 Å². The molecule has 0 saturated heterocycles. The highest BCUT2D eigenvalue weighted by Crippen LogP contribution is 2.39.